The molecule has 0 aliphatic rings. The van der Waals surface area contributed by atoms with Gasteiger partial charge < -0.3 is 9.84 Å². The number of rotatable bonds is 5. The van der Waals surface area contributed by atoms with Crippen LogP contribution in [0.1, 0.15) is 37.0 Å². The van der Waals surface area contributed by atoms with E-state index in [1.165, 1.54) is 0 Å². The van der Waals surface area contributed by atoms with Gasteiger partial charge in [0.2, 0.25) is 0 Å². The van der Waals surface area contributed by atoms with E-state index >= 15 is 0 Å². The van der Waals surface area contributed by atoms with E-state index in [9.17, 15) is 5.11 Å². The minimum atomic E-state index is -0.796. The maximum Gasteiger partial charge on any atom is 0.163 e. The average Bonchev–Trinajstić information content (AvgIpc) is 3.00. The Morgan fingerprint density at radius 3 is 2.68 bits per heavy atom. The highest BCUT2D eigenvalue weighted by molar-refractivity contribution is 5.33. The zero-order chi connectivity index (χ0) is 14.0. The van der Waals surface area contributed by atoms with Crippen LogP contribution in [0.25, 0.3) is 0 Å². The number of hydrogen-bond donors (Lipinski definition) is 1. The molecule has 19 heavy (non-hydrogen) atoms. The molecule has 1 unspecified atom stereocenters. The summed E-state index contributed by atoms with van der Waals surface area (Å²) >= 11 is 0. The highest BCUT2D eigenvalue weighted by atomic mass is 16.5. The highest BCUT2D eigenvalue weighted by Crippen LogP contribution is 2.30. The Balaban J connectivity index is 2.45. The molecule has 0 saturated carbocycles. The summed E-state index contributed by atoms with van der Waals surface area (Å²) in [5.74, 6) is 0.591. The molecule has 0 fully saturated rings. The molecule has 2 rings (SSSR count). The van der Waals surface area contributed by atoms with Crippen LogP contribution in [0, 0.1) is 0 Å². The normalized spacial score (nSPS) is 12.7. The fourth-order valence-electron chi connectivity index (χ4n) is 2.17. The number of nitrogens with zero attached hydrogens (tertiary/aromatic N) is 4. The molecule has 1 N–H and O–H groups in total. The van der Waals surface area contributed by atoms with Crippen molar-refractivity contribution in [2.75, 3.05) is 7.11 Å². The Morgan fingerprint density at radius 2 is 2.16 bits per heavy atom. The van der Waals surface area contributed by atoms with Crippen molar-refractivity contribution in [2.24, 2.45) is 7.05 Å². The van der Waals surface area contributed by atoms with Crippen LogP contribution < -0.4 is 4.74 Å². The van der Waals surface area contributed by atoms with Gasteiger partial charge in [0, 0.05) is 13.6 Å². The molecule has 0 aliphatic heterocycles. The number of aliphatic hydroxyl groups is 1. The molecule has 0 aliphatic carbocycles. The number of ether oxygens (including phenoxy) is 1. The van der Waals surface area contributed by atoms with E-state index in [0.29, 0.717) is 18.0 Å². The maximum atomic E-state index is 10.6. The van der Waals surface area contributed by atoms with Crippen LogP contribution in [0.5, 0.6) is 5.75 Å². The molecule has 2 aromatic rings. The Bertz CT molecular complexity index is 537. The van der Waals surface area contributed by atoms with Crippen molar-refractivity contribution in [3.05, 3.63) is 29.3 Å². The van der Waals surface area contributed by atoms with E-state index in [-0.39, 0.29) is 0 Å². The summed E-state index contributed by atoms with van der Waals surface area (Å²) < 4.78 is 8.71. The first-order chi connectivity index (χ1) is 9.12. The van der Waals surface area contributed by atoms with Crippen molar-refractivity contribution in [3.63, 3.8) is 0 Å². The monoisotopic (exact) mass is 264 g/mol. The van der Waals surface area contributed by atoms with E-state index in [4.69, 9.17) is 4.74 Å². The van der Waals surface area contributed by atoms with E-state index in [2.05, 4.69) is 10.2 Å². The summed E-state index contributed by atoms with van der Waals surface area (Å²) in [5, 5.41) is 19.2. The van der Waals surface area contributed by atoms with Crippen molar-refractivity contribution in [1.82, 2.24) is 19.6 Å². The standard InChI is InChI=1S/C13H20N4O2/c1-5-9-7-10(16(3)15-9)13(18)12-11(19-4)8-14-17(12)6-2/h7-8,13,18H,5-6H2,1-4H3. The van der Waals surface area contributed by atoms with Gasteiger partial charge in [0.15, 0.2) is 5.75 Å². The van der Waals surface area contributed by atoms with E-state index in [0.717, 1.165) is 17.8 Å². The van der Waals surface area contributed by atoms with Crippen molar-refractivity contribution >= 4 is 0 Å². The summed E-state index contributed by atoms with van der Waals surface area (Å²) in [6.07, 6.45) is 1.67. The zero-order valence-corrected chi connectivity index (χ0v) is 11.8. The molecule has 1 atom stereocenters. The summed E-state index contributed by atoms with van der Waals surface area (Å²) in [6, 6.07) is 1.91. The fraction of sp³-hybridized carbons (Fsp3) is 0.538. The molecular weight excluding hydrogens is 244 g/mol. The third-order valence-electron chi connectivity index (χ3n) is 3.23. The van der Waals surface area contributed by atoms with Crippen molar-refractivity contribution in [1.29, 1.82) is 0 Å². The van der Waals surface area contributed by atoms with E-state index < -0.39 is 6.10 Å². The van der Waals surface area contributed by atoms with Crippen molar-refractivity contribution in [3.8, 4) is 5.75 Å². The van der Waals surface area contributed by atoms with Gasteiger partial charge in [0.05, 0.1) is 24.7 Å². The van der Waals surface area contributed by atoms with Gasteiger partial charge in [-0.1, -0.05) is 6.92 Å². The second-order valence-corrected chi connectivity index (χ2v) is 4.35. The van der Waals surface area contributed by atoms with Crippen LogP contribution >= 0.6 is 0 Å². The Morgan fingerprint density at radius 1 is 1.42 bits per heavy atom. The van der Waals surface area contributed by atoms with Crippen LogP contribution in [0.15, 0.2) is 12.3 Å². The van der Waals surface area contributed by atoms with Crippen molar-refractivity contribution in [2.45, 2.75) is 32.9 Å². The van der Waals surface area contributed by atoms with Gasteiger partial charge in [-0.2, -0.15) is 10.2 Å². The summed E-state index contributed by atoms with van der Waals surface area (Å²) in [6.45, 7) is 4.69. The Labute approximate surface area is 112 Å². The second-order valence-electron chi connectivity index (χ2n) is 4.35. The number of aromatic nitrogens is 4. The van der Waals surface area contributed by atoms with Crippen LogP contribution in [0.2, 0.25) is 0 Å². The fourth-order valence-corrected chi connectivity index (χ4v) is 2.17. The lowest BCUT2D eigenvalue weighted by atomic mass is 10.1. The predicted molar refractivity (Wildman–Crippen MR) is 71.1 cm³/mol. The molecule has 2 aromatic heterocycles. The number of aliphatic hydroxyl groups excluding tert-OH is 1. The molecule has 2 heterocycles. The minimum absolute atomic E-state index is 0.591. The molecule has 6 heteroatoms. The highest BCUT2D eigenvalue weighted by Gasteiger charge is 2.24. The number of hydrogen-bond acceptors (Lipinski definition) is 4. The van der Waals surface area contributed by atoms with E-state index in [1.807, 2.05) is 27.0 Å². The first-order valence-electron chi connectivity index (χ1n) is 6.42. The Kier molecular flexibility index (Phi) is 3.90. The SMILES string of the molecule is CCc1cc(C(O)c2c(OC)cnn2CC)n(C)n1. The third kappa shape index (κ3) is 2.35. The molecule has 0 bridgehead atoms. The summed E-state index contributed by atoms with van der Waals surface area (Å²) in [4.78, 5) is 0. The molecule has 104 valence electrons. The van der Waals surface area contributed by atoms with Crippen LogP contribution in [0.3, 0.4) is 0 Å². The van der Waals surface area contributed by atoms with Crippen LogP contribution in [-0.4, -0.2) is 31.8 Å². The van der Waals surface area contributed by atoms with Gasteiger partial charge in [0.1, 0.15) is 11.8 Å². The molecule has 0 spiro atoms. The van der Waals surface area contributed by atoms with Gasteiger partial charge in [-0.25, -0.2) is 0 Å². The van der Waals surface area contributed by atoms with Gasteiger partial charge in [-0.05, 0) is 19.4 Å². The molecule has 6 nitrogen and oxygen atoms in total. The number of aryl methyl sites for hydroxylation is 3. The van der Waals surface area contributed by atoms with Crippen LogP contribution in [0.4, 0.5) is 0 Å². The lowest BCUT2D eigenvalue weighted by Gasteiger charge is -2.14. The lowest BCUT2D eigenvalue weighted by molar-refractivity contribution is 0.193. The summed E-state index contributed by atoms with van der Waals surface area (Å²) in [5.41, 5.74) is 2.36. The number of methoxy groups -OCH3 is 1. The zero-order valence-electron chi connectivity index (χ0n) is 11.8. The molecule has 0 amide bonds. The quantitative estimate of drug-likeness (QED) is 0.883. The minimum Gasteiger partial charge on any atom is -0.493 e. The van der Waals surface area contributed by atoms with Gasteiger partial charge in [0.25, 0.3) is 0 Å². The van der Waals surface area contributed by atoms with Crippen LogP contribution in [-0.2, 0) is 20.0 Å². The molecule has 0 radical (unpaired) electrons. The lowest BCUT2D eigenvalue weighted by Crippen LogP contribution is -2.13. The summed E-state index contributed by atoms with van der Waals surface area (Å²) in [7, 11) is 3.41. The van der Waals surface area contributed by atoms with E-state index in [1.54, 1.807) is 22.7 Å². The topological polar surface area (TPSA) is 65.1 Å². The van der Waals surface area contributed by atoms with Crippen molar-refractivity contribution < 1.29 is 9.84 Å². The Hall–Kier alpha value is -1.82. The first kappa shape index (κ1) is 13.6. The first-order valence-corrected chi connectivity index (χ1v) is 6.42. The second kappa shape index (κ2) is 5.44. The third-order valence-corrected chi connectivity index (χ3v) is 3.23. The average molecular weight is 264 g/mol. The van der Waals surface area contributed by atoms with Gasteiger partial charge in [-0.15, -0.1) is 0 Å². The molecule has 0 aromatic carbocycles. The largest absolute Gasteiger partial charge is 0.493 e. The maximum absolute atomic E-state index is 10.6. The van der Waals surface area contributed by atoms with Gasteiger partial charge >= 0.3 is 0 Å². The predicted octanol–water partition coefficient (Wildman–Crippen LogP) is 1.29. The molecule has 0 saturated heterocycles. The molecular formula is C13H20N4O2. The van der Waals surface area contributed by atoms with Gasteiger partial charge in [-0.3, -0.25) is 9.36 Å². The smallest absolute Gasteiger partial charge is 0.163 e.